The molecule has 0 aliphatic heterocycles. The maximum Gasteiger partial charge on any atom is 0.247 e. The van der Waals surface area contributed by atoms with E-state index in [0.717, 1.165) is 5.69 Å². The van der Waals surface area contributed by atoms with Crippen LogP contribution in [0.3, 0.4) is 0 Å². The van der Waals surface area contributed by atoms with Gasteiger partial charge in [-0.1, -0.05) is 46.7 Å². The number of carbonyl (C=O) groups is 2. The summed E-state index contributed by atoms with van der Waals surface area (Å²) < 4.78 is 52.7. The monoisotopic (exact) mass is 718 g/mol. The molecular weight excluding hydrogens is 677 g/mol. The molecule has 0 saturated carbocycles. The second-order valence-corrected chi connectivity index (χ2v) is 19.8. The van der Waals surface area contributed by atoms with Crippen LogP contribution in [0.4, 0.5) is 10.9 Å². The lowest BCUT2D eigenvalue weighted by molar-refractivity contribution is -0.118. The number of pyridine rings is 2. The Morgan fingerprint density at radius 2 is 1.21 bits per heavy atom. The molecule has 0 unspecified atom stereocenters. The van der Waals surface area contributed by atoms with Crippen molar-refractivity contribution in [2.24, 2.45) is 0 Å². The molecule has 0 saturated heterocycles. The summed E-state index contributed by atoms with van der Waals surface area (Å²) in [5, 5.41) is 11.2. The van der Waals surface area contributed by atoms with E-state index >= 15 is 0 Å². The molecule has 0 aromatic carbocycles. The number of carbonyl (C=O) groups excluding carboxylic acids is 2. The number of rotatable bonds is 8. The Morgan fingerprint density at radius 1 is 0.729 bits per heavy atom. The molecule has 13 nitrogen and oxygen atoms in total. The number of nitrogens with one attached hydrogen (secondary N) is 2. The topological polar surface area (TPSA) is 191 Å². The molecule has 4 rings (SSSR count). The first kappa shape index (κ1) is 38.4. The van der Waals surface area contributed by atoms with Crippen molar-refractivity contribution in [2.45, 2.75) is 99.4 Å². The van der Waals surface area contributed by atoms with Crippen LogP contribution in [0.5, 0.6) is 0 Å². The molecule has 0 fully saturated rings. The van der Waals surface area contributed by atoms with E-state index in [-0.39, 0.29) is 26.4 Å². The van der Waals surface area contributed by atoms with Crippen LogP contribution in [0, 0.1) is 0 Å². The smallest absolute Gasteiger partial charge is 0.247 e. The van der Waals surface area contributed by atoms with Crippen LogP contribution in [-0.4, -0.2) is 58.3 Å². The van der Waals surface area contributed by atoms with E-state index in [1.807, 2.05) is 46.9 Å². The van der Waals surface area contributed by atoms with Crippen LogP contribution in [0.1, 0.15) is 80.7 Å². The van der Waals surface area contributed by atoms with E-state index in [9.17, 15) is 26.4 Å². The number of anilines is 2. The number of nitrogens with zero attached hydrogens (tertiary/aromatic N) is 4. The molecule has 0 radical (unpaired) electrons. The summed E-state index contributed by atoms with van der Waals surface area (Å²) in [6.07, 6.45) is 5.41. The zero-order valence-corrected chi connectivity index (χ0v) is 31.1. The third-order valence-electron chi connectivity index (χ3n) is 7.31. The van der Waals surface area contributed by atoms with Crippen molar-refractivity contribution >= 4 is 53.8 Å². The minimum absolute atomic E-state index is 0.0133. The van der Waals surface area contributed by atoms with Gasteiger partial charge in [0.1, 0.15) is 15.3 Å². The minimum atomic E-state index is -3.91. The van der Waals surface area contributed by atoms with Gasteiger partial charge < -0.3 is 15.2 Å². The van der Waals surface area contributed by atoms with Gasteiger partial charge in [0.2, 0.25) is 11.8 Å². The minimum Gasteiger partial charge on any atom is -0.359 e. The zero-order chi connectivity index (χ0) is 36.3. The van der Waals surface area contributed by atoms with Crippen LogP contribution in [0.15, 0.2) is 74.8 Å². The molecule has 4 aromatic heterocycles. The number of aromatic nitrogens is 4. The number of amides is 2. The third-order valence-corrected chi connectivity index (χ3v) is 12.9. The van der Waals surface area contributed by atoms with Gasteiger partial charge in [0.05, 0.1) is 15.5 Å². The summed E-state index contributed by atoms with van der Waals surface area (Å²) in [6, 6.07) is 7.46. The van der Waals surface area contributed by atoms with Crippen LogP contribution in [-0.2, 0) is 40.1 Å². The first-order chi connectivity index (χ1) is 21.9. The fourth-order valence-electron chi connectivity index (χ4n) is 3.72. The number of hydrogen-bond acceptors (Lipinski definition) is 12. The SMILES string of the molecule is CC(C)(C)c1cc(NC(=O)C(C)(C)S(=O)(=O)c2cccnc2)no1.CC(C)(C)c1csc(NC(=O)C(C)(C)S(=O)(=O)c2cccnc2)n1. The van der Waals surface area contributed by atoms with Crippen molar-refractivity contribution in [2.75, 3.05) is 10.6 Å². The van der Waals surface area contributed by atoms with Crippen LogP contribution in [0.2, 0.25) is 0 Å². The van der Waals surface area contributed by atoms with Crippen molar-refractivity contribution in [3.8, 4) is 0 Å². The van der Waals surface area contributed by atoms with Crippen molar-refractivity contribution < 1.29 is 30.9 Å². The average Bonchev–Trinajstić information content (AvgIpc) is 3.68. The molecule has 0 aliphatic rings. The molecule has 260 valence electrons. The Morgan fingerprint density at radius 3 is 1.58 bits per heavy atom. The molecular formula is C32H42N6O7S3. The molecule has 2 amide bonds. The molecule has 0 bridgehead atoms. The highest BCUT2D eigenvalue weighted by Crippen LogP contribution is 2.31. The summed E-state index contributed by atoms with van der Waals surface area (Å²) in [5.74, 6) is -0.550. The van der Waals surface area contributed by atoms with E-state index in [1.54, 1.807) is 6.07 Å². The van der Waals surface area contributed by atoms with Gasteiger partial charge in [-0.05, 0) is 52.0 Å². The van der Waals surface area contributed by atoms with Gasteiger partial charge in [0.15, 0.2) is 30.6 Å². The normalized spacial score (nSPS) is 12.9. The van der Waals surface area contributed by atoms with Crippen LogP contribution < -0.4 is 10.6 Å². The van der Waals surface area contributed by atoms with Gasteiger partial charge in [-0.2, -0.15) is 0 Å². The third kappa shape index (κ3) is 8.33. The lowest BCUT2D eigenvalue weighted by atomic mass is 9.93. The molecule has 2 N–H and O–H groups in total. The fourth-order valence-corrected chi connectivity index (χ4v) is 7.34. The van der Waals surface area contributed by atoms with Crippen molar-refractivity contribution in [3.05, 3.63) is 72.0 Å². The lowest BCUT2D eigenvalue weighted by Gasteiger charge is -2.23. The summed E-state index contributed by atoms with van der Waals surface area (Å²) in [7, 11) is -7.79. The van der Waals surface area contributed by atoms with E-state index in [4.69, 9.17) is 4.52 Å². The van der Waals surface area contributed by atoms with E-state index in [2.05, 4.69) is 30.7 Å². The van der Waals surface area contributed by atoms with Crippen LogP contribution >= 0.6 is 11.3 Å². The summed E-state index contributed by atoms with van der Waals surface area (Å²) in [6.45, 7) is 17.3. The quantitative estimate of drug-likeness (QED) is 0.231. The van der Waals surface area contributed by atoms with Crippen molar-refractivity contribution in [3.63, 3.8) is 0 Å². The first-order valence-corrected chi connectivity index (χ1v) is 18.6. The zero-order valence-electron chi connectivity index (χ0n) is 28.6. The summed E-state index contributed by atoms with van der Waals surface area (Å²) in [5.41, 5.74) is 0.431. The Kier molecular flexibility index (Phi) is 11.1. The Labute approximate surface area is 285 Å². The molecule has 4 heterocycles. The van der Waals surface area contributed by atoms with Crippen LogP contribution in [0.25, 0.3) is 0 Å². The van der Waals surface area contributed by atoms with Gasteiger partial charge in [0.25, 0.3) is 0 Å². The Hall–Kier alpha value is -4.02. The molecule has 48 heavy (non-hydrogen) atoms. The van der Waals surface area contributed by atoms with E-state index < -0.39 is 41.0 Å². The standard InChI is InChI=1S/C16H21N3O4S.C16H21N3O3S2/c1-15(2,3)12-9-13(19-23-12)18-14(20)16(4,5)24(21,22)11-7-6-8-17-10-11;1-15(2,3)12-10-23-14(18-12)19-13(20)16(4,5)24(21,22)11-7-6-8-17-9-11/h2*6-10H,1-5H3,(H,18,19,20). The molecule has 16 heteroatoms. The Bertz CT molecular complexity index is 1810. The largest absolute Gasteiger partial charge is 0.359 e. The van der Waals surface area contributed by atoms with Crippen molar-refractivity contribution in [1.82, 2.24) is 20.1 Å². The predicted molar refractivity (Wildman–Crippen MR) is 184 cm³/mol. The lowest BCUT2D eigenvalue weighted by Crippen LogP contribution is -2.44. The van der Waals surface area contributed by atoms with Gasteiger partial charge in [0, 0.05) is 47.1 Å². The summed E-state index contributed by atoms with van der Waals surface area (Å²) in [4.78, 5) is 37.1. The highest BCUT2D eigenvalue weighted by atomic mass is 32.2. The molecule has 4 aromatic rings. The summed E-state index contributed by atoms with van der Waals surface area (Å²) >= 11 is 1.28. The van der Waals surface area contributed by atoms with Gasteiger partial charge in [-0.25, -0.2) is 21.8 Å². The first-order valence-electron chi connectivity index (χ1n) is 14.8. The fraction of sp³-hybridized carbons (Fsp3) is 0.438. The second-order valence-electron chi connectivity index (χ2n) is 13.9. The van der Waals surface area contributed by atoms with Gasteiger partial charge in [-0.15, -0.1) is 11.3 Å². The highest BCUT2D eigenvalue weighted by Gasteiger charge is 2.44. The highest BCUT2D eigenvalue weighted by molar-refractivity contribution is 7.94. The maximum atomic E-state index is 12.7. The average molecular weight is 719 g/mol. The second kappa shape index (κ2) is 13.8. The van der Waals surface area contributed by atoms with Gasteiger partial charge >= 0.3 is 0 Å². The number of thiazole rings is 1. The van der Waals surface area contributed by atoms with Crippen molar-refractivity contribution in [1.29, 1.82) is 0 Å². The molecule has 0 aliphatic carbocycles. The molecule has 0 spiro atoms. The Balaban J connectivity index is 0.000000260. The van der Waals surface area contributed by atoms with E-state index in [0.29, 0.717) is 10.9 Å². The van der Waals surface area contributed by atoms with Gasteiger partial charge in [-0.3, -0.25) is 19.6 Å². The number of hydrogen-bond donors (Lipinski definition) is 2. The van der Waals surface area contributed by atoms with E-state index in [1.165, 1.54) is 88.1 Å². The molecule has 0 atom stereocenters. The number of sulfone groups is 2. The predicted octanol–water partition coefficient (Wildman–Crippen LogP) is 5.58. The maximum absolute atomic E-state index is 12.7.